The second-order valence-corrected chi connectivity index (χ2v) is 5.67. The van der Waals surface area contributed by atoms with Crippen molar-refractivity contribution in [1.29, 1.82) is 0 Å². The lowest BCUT2D eigenvalue weighted by Gasteiger charge is -2.03. The summed E-state index contributed by atoms with van der Waals surface area (Å²) in [6.07, 6.45) is 0. The molecule has 2 aromatic carbocycles. The summed E-state index contributed by atoms with van der Waals surface area (Å²) >= 11 is 0. The summed E-state index contributed by atoms with van der Waals surface area (Å²) in [6.45, 7) is 0. The Morgan fingerprint density at radius 3 is 2.42 bits per heavy atom. The number of ether oxygens (including phenoxy) is 1. The van der Waals surface area contributed by atoms with Crippen LogP contribution >= 0.6 is 0 Å². The van der Waals surface area contributed by atoms with Crippen molar-refractivity contribution < 1.29 is 17.9 Å². The molecule has 3 rings (SSSR count). The van der Waals surface area contributed by atoms with Crippen LogP contribution in [0.1, 0.15) is 5.56 Å². The Hall–Kier alpha value is -2.21. The Morgan fingerprint density at radius 1 is 1.16 bits per heavy atom. The van der Waals surface area contributed by atoms with Crippen LogP contribution < -0.4 is 0 Å². The number of esters is 1. The minimum atomic E-state index is -3.81. The van der Waals surface area contributed by atoms with E-state index < -0.39 is 16.0 Å². The van der Waals surface area contributed by atoms with Gasteiger partial charge in [-0.1, -0.05) is 24.3 Å². The van der Waals surface area contributed by atoms with E-state index in [0.717, 1.165) is 10.8 Å². The van der Waals surface area contributed by atoms with Gasteiger partial charge in [-0.3, -0.25) is 0 Å². The third-order valence-electron chi connectivity index (χ3n) is 2.97. The Morgan fingerprint density at radius 2 is 1.79 bits per heavy atom. The van der Waals surface area contributed by atoms with E-state index in [-0.39, 0.29) is 10.6 Å². The Bertz CT molecular complexity index is 837. The average molecular weight is 275 g/mol. The van der Waals surface area contributed by atoms with Crippen LogP contribution in [-0.2, 0) is 19.6 Å². The highest BCUT2D eigenvalue weighted by atomic mass is 32.2. The summed E-state index contributed by atoms with van der Waals surface area (Å²) in [6, 6.07) is 10.5. The lowest BCUT2D eigenvalue weighted by molar-refractivity contribution is -0.132. The number of fused-ring (bicyclic) bond motifs is 2. The van der Waals surface area contributed by atoms with Crippen molar-refractivity contribution in [3.63, 3.8) is 0 Å². The molecule has 0 radical (unpaired) electrons. The number of sulfonamides is 1. The van der Waals surface area contributed by atoms with Crippen LogP contribution in [0.15, 0.2) is 45.7 Å². The lowest BCUT2D eigenvalue weighted by atomic mass is 10.0. The van der Waals surface area contributed by atoms with Crippen LogP contribution in [0.4, 0.5) is 0 Å². The van der Waals surface area contributed by atoms with Gasteiger partial charge < -0.3 is 4.74 Å². The molecule has 1 heterocycles. The maximum Gasteiger partial charge on any atom is 0.358 e. The predicted octanol–water partition coefficient (Wildman–Crippen LogP) is 1.50. The first kappa shape index (κ1) is 11.9. The van der Waals surface area contributed by atoms with E-state index in [1.165, 1.54) is 13.2 Å². The average Bonchev–Trinajstić information content (AvgIpc) is 2.67. The van der Waals surface area contributed by atoms with Crippen molar-refractivity contribution in [2.75, 3.05) is 7.11 Å². The molecule has 2 aromatic rings. The minimum Gasteiger partial charge on any atom is -0.464 e. The number of methoxy groups -OCH3 is 1. The van der Waals surface area contributed by atoms with Crippen molar-refractivity contribution in [3.05, 3.63) is 42.0 Å². The van der Waals surface area contributed by atoms with Crippen LogP contribution in [-0.4, -0.2) is 27.2 Å². The maximum absolute atomic E-state index is 11.9. The molecular formula is C13H9NO4S. The van der Waals surface area contributed by atoms with Gasteiger partial charge in [0.25, 0.3) is 10.0 Å². The van der Waals surface area contributed by atoms with Gasteiger partial charge in [0.1, 0.15) is 0 Å². The van der Waals surface area contributed by atoms with Crippen molar-refractivity contribution in [2.24, 2.45) is 4.40 Å². The molecule has 0 saturated carbocycles. The SMILES string of the molecule is COC(=O)C1=NS(=O)(=O)c2cc3ccccc3cc21. The zero-order valence-electron chi connectivity index (χ0n) is 9.95. The Balaban J connectivity index is 2.36. The van der Waals surface area contributed by atoms with Crippen LogP contribution in [0.25, 0.3) is 10.8 Å². The number of benzene rings is 2. The van der Waals surface area contributed by atoms with E-state index in [2.05, 4.69) is 9.13 Å². The molecule has 0 fully saturated rings. The second kappa shape index (κ2) is 3.89. The Kier molecular flexibility index (Phi) is 2.43. The standard InChI is InChI=1S/C13H9NO4S/c1-18-13(15)12-10-6-8-4-2-3-5-9(8)7-11(10)19(16,17)14-12/h2-7H,1H3. The fourth-order valence-corrected chi connectivity index (χ4v) is 3.30. The van der Waals surface area contributed by atoms with Crippen LogP contribution in [0.2, 0.25) is 0 Å². The van der Waals surface area contributed by atoms with Gasteiger partial charge in [-0.15, -0.1) is 0 Å². The first-order chi connectivity index (χ1) is 9.03. The molecule has 5 nitrogen and oxygen atoms in total. The normalized spacial score (nSPS) is 15.9. The number of carbonyl (C=O) groups is 1. The van der Waals surface area contributed by atoms with E-state index in [9.17, 15) is 13.2 Å². The second-order valence-electron chi connectivity index (χ2n) is 4.10. The van der Waals surface area contributed by atoms with Crippen LogP contribution in [0.3, 0.4) is 0 Å². The first-order valence-electron chi connectivity index (χ1n) is 5.49. The van der Waals surface area contributed by atoms with Gasteiger partial charge in [-0.05, 0) is 22.9 Å². The molecule has 6 heteroatoms. The van der Waals surface area contributed by atoms with E-state index in [1.54, 1.807) is 12.1 Å². The molecule has 0 bridgehead atoms. The third-order valence-corrected chi connectivity index (χ3v) is 4.29. The third kappa shape index (κ3) is 1.72. The smallest absolute Gasteiger partial charge is 0.358 e. The van der Waals surface area contributed by atoms with Crippen LogP contribution in [0.5, 0.6) is 0 Å². The summed E-state index contributed by atoms with van der Waals surface area (Å²) in [7, 11) is -2.62. The summed E-state index contributed by atoms with van der Waals surface area (Å²) in [5.74, 6) is -0.752. The molecule has 1 aliphatic heterocycles. The van der Waals surface area contributed by atoms with Gasteiger partial charge in [-0.25, -0.2) is 4.79 Å². The summed E-state index contributed by atoms with van der Waals surface area (Å²) in [4.78, 5) is 11.6. The number of rotatable bonds is 1. The van der Waals surface area contributed by atoms with E-state index in [1.807, 2.05) is 18.2 Å². The van der Waals surface area contributed by atoms with Gasteiger partial charge in [0.2, 0.25) is 0 Å². The molecule has 0 aromatic heterocycles. The molecular weight excluding hydrogens is 266 g/mol. The topological polar surface area (TPSA) is 72.8 Å². The highest BCUT2D eigenvalue weighted by Gasteiger charge is 2.33. The molecule has 0 unspecified atom stereocenters. The van der Waals surface area contributed by atoms with Crippen molar-refractivity contribution in [2.45, 2.75) is 4.90 Å². The molecule has 0 N–H and O–H groups in total. The first-order valence-corrected chi connectivity index (χ1v) is 6.93. The van der Waals surface area contributed by atoms with E-state index in [0.29, 0.717) is 5.56 Å². The molecule has 0 amide bonds. The Labute approximate surface area is 109 Å². The van der Waals surface area contributed by atoms with Crippen molar-refractivity contribution in [3.8, 4) is 0 Å². The van der Waals surface area contributed by atoms with Crippen LogP contribution in [0, 0.1) is 0 Å². The molecule has 0 saturated heterocycles. The number of nitrogens with zero attached hydrogens (tertiary/aromatic N) is 1. The number of carbonyl (C=O) groups excluding carboxylic acids is 1. The summed E-state index contributed by atoms with van der Waals surface area (Å²) in [5, 5.41) is 1.63. The van der Waals surface area contributed by atoms with Gasteiger partial charge in [0, 0.05) is 5.56 Å². The fraction of sp³-hybridized carbons (Fsp3) is 0.0769. The molecule has 0 aliphatic carbocycles. The minimum absolute atomic E-state index is 0.0478. The zero-order chi connectivity index (χ0) is 13.6. The van der Waals surface area contributed by atoms with Gasteiger partial charge in [-0.2, -0.15) is 12.8 Å². The number of hydrogen-bond donors (Lipinski definition) is 0. The molecule has 0 atom stereocenters. The lowest BCUT2D eigenvalue weighted by Crippen LogP contribution is -2.15. The van der Waals surface area contributed by atoms with Gasteiger partial charge in [0.05, 0.1) is 12.0 Å². The monoisotopic (exact) mass is 275 g/mol. The van der Waals surface area contributed by atoms with E-state index in [4.69, 9.17) is 0 Å². The molecule has 0 spiro atoms. The largest absolute Gasteiger partial charge is 0.464 e. The quantitative estimate of drug-likeness (QED) is 0.739. The van der Waals surface area contributed by atoms with Crippen molar-refractivity contribution in [1.82, 2.24) is 0 Å². The fourth-order valence-electron chi connectivity index (χ4n) is 2.08. The molecule has 19 heavy (non-hydrogen) atoms. The zero-order valence-corrected chi connectivity index (χ0v) is 10.8. The summed E-state index contributed by atoms with van der Waals surface area (Å²) < 4.78 is 31.9. The predicted molar refractivity (Wildman–Crippen MR) is 69.7 cm³/mol. The maximum atomic E-state index is 11.9. The molecule has 96 valence electrons. The highest BCUT2D eigenvalue weighted by Crippen LogP contribution is 2.31. The van der Waals surface area contributed by atoms with Crippen molar-refractivity contribution >= 4 is 32.5 Å². The molecule has 1 aliphatic rings. The van der Waals surface area contributed by atoms with Gasteiger partial charge in [0.15, 0.2) is 5.71 Å². The van der Waals surface area contributed by atoms with Gasteiger partial charge >= 0.3 is 5.97 Å². The summed E-state index contributed by atoms with van der Waals surface area (Å²) in [5.41, 5.74) is 0.133. The number of hydrogen-bond acceptors (Lipinski definition) is 4. The van der Waals surface area contributed by atoms with E-state index >= 15 is 0 Å². The highest BCUT2D eigenvalue weighted by molar-refractivity contribution is 7.91.